The molecule has 1 atom stereocenters. The SMILES string of the molecule is CC(C)(C)N1CCC(F)(c2nc(-c3ccncc3)no2)C1. The van der Waals surface area contributed by atoms with Crippen molar-refractivity contribution < 1.29 is 8.91 Å². The van der Waals surface area contributed by atoms with Gasteiger partial charge in [0.15, 0.2) is 0 Å². The van der Waals surface area contributed by atoms with E-state index >= 15 is 4.39 Å². The molecule has 1 aliphatic heterocycles. The Bertz CT molecular complexity index is 622. The molecular weight excluding hydrogens is 271 g/mol. The first-order chi connectivity index (χ1) is 9.88. The maximum atomic E-state index is 15.1. The van der Waals surface area contributed by atoms with E-state index in [1.54, 1.807) is 24.5 Å². The number of likely N-dealkylation sites (tertiary alicyclic amines) is 1. The molecule has 21 heavy (non-hydrogen) atoms. The van der Waals surface area contributed by atoms with Gasteiger partial charge in [0.2, 0.25) is 11.5 Å². The molecule has 0 aliphatic carbocycles. The fraction of sp³-hybridized carbons (Fsp3) is 0.533. The van der Waals surface area contributed by atoms with E-state index in [-0.39, 0.29) is 18.0 Å². The monoisotopic (exact) mass is 290 g/mol. The molecule has 3 heterocycles. The fourth-order valence-electron chi connectivity index (χ4n) is 2.54. The topological polar surface area (TPSA) is 55.1 Å². The van der Waals surface area contributed by atoms with Gasteiger partial charge in [0.1, 0.15) is 0 Å². The van der Waals surface area contributed by atoms with Crippen LogP contribution in [0.2, 0.25) is 0 Å². The van der Waals surface area contributed by atoms with Crippen molar-refractivity contribution >= 4 is 0 Å². The molecule has 0 radical (unpaired) electrons. The van der Waals surface area contributed by atoms with Gasteiger partial charge in [-0.25, -0.2) is 4.39 Å². The molecule has 2 aromatic heterocycles. The first-order valence-corrected chi connectivity index (χ1v) is 7.07. The normalized spacial score (nSPS) is 23.6. The Morgan fingerprint density at radius 2 is 2.00 bits per heavy atom. The van der Waals surface area contributed by atoms with Crippen LogP contribution >= 0.6 is 0 Å². The lowest BCUT2D eigenvalue weighted by Crippen LogP contribution is -2.41. The van der Waals surface area contributed by atoms with Crippen molar-refractivity contribution in [2.45, 2.75) is 38.4 Å². The Hall–Kier alpha value is -1.82. The minimum absolute atomic E-state index is 0.0677. The molecule has 1 aliphatic rings. The van der Waals surface area contributed by atoms with Crippen LogP contribution in [-0.2, 0) is 5.67 Å². The van der Waals surface area contributed by atoms with Crippen LogP contribution in [0.15, 0.2) is 29.0 Å². The maximum Gasteiger partial charge on any atom is 0.266 e. The van der Waals surface area contributed by atoms with Gasteiger partial charge in [-0.3, -0.25) is 9.88 Å². The van der Waals surface area contributed by atoms with Crippen LogP contribution in [0.5, 0.6) is 0 Å². The number of alkyl halides is 1. The summed E-state index contributed by atoms with van der Waals surface area (Å²) >= 11 is 0. The van der Waals surface area contributed by atoms with E-state index in [4.69, 9.17) is 4.52 Å². The standard InChI is InChI=1S/C15H19FN4O/c1-14(2,3)20-9-6-15(16,10-20)13-18-12(19-21-13)11-4-7-17-8-5-11/h4-5,7-8H,6,9-10H2,1-3H3. The van der Waals surface area contributed by atoms with Gasteiger partial charge in [-0.2, -0.15) is 4.98 Å². The molecular formula is C15H19FN4O. The van der Waals surface area contributed by atoms with Crippen molar-refractivity contribution in [1.29, 1.82) is 0 Å². The summed E-state index contributed by atoms with van der Waals surface area (Å²) in [5, 5.41) is 3.89. The highest BCUT2D eigenvalue weighted by Crippen LogP contribution is 2.38. The van der Waals surface area contributed by atoms with Gasteiger partial charge >= 0.3 is 0 Å². The average Bonchev–Trinajstić information content (AvgIpc) is 3.06. The van der Waals surface area contributed by atoms with Crippen molar-refractivity contribution in [3.8, 4) is 11.4 Å². The lowest BCUT2D eigenvalue weighted by atomic mass is 10.0. The average molecular weight is 290 g/mol. The molecule has 0 bridgehead atoms. The summed E-state index contributed by atoms with van der Waals surface area (Å²) < 4.78 is 20.3. The molecule has 1 unspecified atom stereocenters. The molecule has 0 N–H and O–H groups in total. The molecule has 1 fully saturated rings. The molecule has 5 nitrogen and oxygen atoms in total. The molecule has 112 valence electrons. The Balaban J connectivity index is 1.84. The second-order valence-corrected chi connectivity index (χ2v) is 6.47. The van der Waals surface area contributed by atoms with Gasteiger partial charge in [0.25, 0.3) is 5.89 Å². The van der Waals surface area contributed by atoms with E-state index in [0.29, 0.717) is 18.8 Å². The van der Waals surface area contributed by atoms with Gasteiger partial charge in [0.05, 0.1) is 0 Å². The third-order valence-corrected chi connectivity index (χ3v) is 3.92. The van der Waals surface area contributed by atoms with E-state index in [1.807, 2.05) is 0 Å². The summed E-state index contributed by atoms with van der Waals surface area (Å²) in [6.45, 7) is 7.21. The predicted molar refractivity (Wildman–Crippen MR) is 76.3 cm³/mol. The zero-order valence-electron chi connectivity index (χ0n) is 12.5. The van der Waals surface area contributed by atoms with Crippen molar-refractivity contribution in [2.24, 2.45) is 0 Å². The Morgan fingerprint density at radius 3 is 2.62 bits per heavy atom. The summed E-state index contributed by atoms with van der Waals surface area (Å²) in [4.78, 5) is 10.3. The molecule has 2 aromatic rings. The lowest BCUT2D eigenvalue weighted by molar-refractivity contribution is 0.0895. The number of hydrogen-bond donors (Lipinski definition) is 0. The summed E-state index contributed by atoms with van der Waals surface area (Å²) in [6.07, 6.45) is 3.67. The van der Waals surface area contributed by atoms with Crippen molar-refractivity contribution in [3.63, 3.8) is 0 Å². The predicted octanol–water partition coefficient (Wildman–Crippen LogP) is 2.80. The van der Waals surface area contributed by atoms with Gasteiger partial charge in [-0.15, -0.1) is 0 Å². The summed E-state index contributed by atoms with van der Waals surface area (Å²) in [5.74, 6) is 0.472. The number of hydrogen-bond acceptors (Lipinski definition) is 5. The molecule has 0 aromatic carbocycles. The van der Waals surface area contributed by atoms with Crippen LogP contribution in [-0.4, -0.2) is 38.7 Å². The van der Waals surface area contributed by atoms with Crippen molar-refractivity contribution in [1.82, 2.24) is 20.0 Å². The highest BCUT2D eigenvalue weighted by atomic mass is 19.1. The molecule has 0 spiro atoms. The second-order valence-electron chi connectivity index (χ2n) is 6.47. The number of aromatic nitrogens is 3. The Kier molecular flexibility index (Phi) is 3.28. The fourth-order valence-corrected chi connectivity index (χ4v) is 2.54. The number of nitrogens with zero attached hydrogens (tertiary/aromatic N) is 4. The number of halogens is 1. The highest BCUT2D eigenvalue weighted by Gasteiger charge is 2.47. The van der Waals surface area contributed by atoms with Gasteiger partial charge < -0.3 is 4.52 Å². The number of rotatable bonds is 2. The second kappa shape index (κ2) is 4.87. The van der Waals surface area contributed by atoms with Crippen LogP contribution in [0, 0.1) is 0 Å². The van der Waals surface area contributed by atoms with E-state index in [9.17, 15) is 0 Å². The highest BCUT2D eigenvalue weighted by molar-refractivity contribution is 5.52. The third kappa shape index (κ3) is 2.68. The zero-order chi connectivity index (χ0) is 15.1. The zero-order valence-corrected chi connectivity index (χ0v) is 12.5. The van der Waals surface area contributed by atoms with Crippen LogP contribution in [0.25, 0.3) is 11.4 Å². The number of pyridine rings is 1. The molecule has 3 rings (SSSR count). The van der Waals surface area contributed by atoms with Crippen LogP contribution in [0.1, 0.15) is 33.1 Å². The van der Waals surface area contributed by atoms with Gasteiger partial charge in [0, 0.05) is 43.0 Å². The minimum Gasteiger partial charge on any atom is -0.335 e. The largest absolute Gasteiger partial charge is 0.335 e. The van der Waals surface area contributed by atoms with Crippen molar-refractivity contribution in [3.05, 3.63) is 30.4 Å². The molecule has 1 saturated heterocycles. The quantitative estimate of drug-likeness (QED) is 0.851. The van der Waals surface area contributed by atoms with E-state index in [0.717, 1.165) is 5.56 Å². The lowest BCUT2D eigenvalue weighted by Gasteiger charge is -2.31. The first-order valence-electron chi connectivity index (χ1n) is 7.07. The maximum absolute atomic E-state index is 15.1. The van der Waals surface area contributed by atoms with E-state index < -0.39 is 5.67 Å². The summed E-state index contributed by atoms with van der Waals surface area (Å²) in [5.41, 5.74) is -0.859. The van der Waals surface area contributed by atoms with Gasteiger partial charge in [-0.1, -0.05) is 5.16 Å². The summed E-state index contributed by atoms with van der Waals surface area (Å²) in [7, 11) is 0. The third-order valence-electron chi connectivity index (χ3n) is 3.92. The van der Waals surface area contributed by atoms with E-state index in [2.05, 4.69) is 40.8 Å². The van der Waals surface area contributed by atoms with Crippen LogP contribution < -0.4 is 0 Å². The first kappa shape index (κ1) is 14.1. The van der Waals surface area contributed by atoms with Crippen molar-refractivity contribution in [2.75, 3.05) is 13.1 Å². The Morgan fingerprint density at radius 1 is 1.29 bits per heavy atom. The minimum atomic E-state index is -1.56. The molecule has 0 saturated carbocycles. The molecule has 6 heteroatoms. The summed E-state index contributed by atoms with van der Waals surface area (Å²) in [6, 6.07) is 3.55. The Labute approximate surface area is 123 Å². The van der Waals surface area contributed by atoms with E-state index in [1.165, 1.54) is 0 Å². The van der Waals surface area contributed by atoms with Gasteiger partial charge in [-0.05, 0) is 32.9 Å². The van der Waals surface area contributed by atoms with Crippen LogP contribution in [0.4, 0.5) is 4.39 Å². The molecule has 0 amide bonds. The van der Waals surface area contributed by atoms with Crippen LogP contribution in [0.3, 0.4) is 0 Å². The smallest absolute Gasteiger partial charge is 0.266 e.